The maximum Gasteiger partial charge on any atom is 0.281 e. The van der Waals surface area contributed by atoms with Crippen LogP contribution in [0.3, 0.4) is 0 Å². The normalized spacial score (nSPS) is 12.6. The number of aromatic nitrogens is 1. The van der Waals surface area contributed by atoms with Crippen molar-refractivity contribution in [2.45, 2.75) is 13.1 Å². The molecule has 0 aliphatic rings. The second kappa shape index (κ2) is 3.97. The molecule has 4 nitrogen and oxygen atoms in total. The lowest BCUT2D eigenvalue weighted by Gasteiger charge is -2.04. The highest BCUT2D eigenvalue weighted by Crippen LogP contribution is 2.14. The smallest absolute Gasteiger partial charge is 0.281 e. The Balaban J connectivity index is 2.65. The number of hydrogen-bond acceptors (Lipinski definition) is 4. The first-order chi connectivity index (χ1) is 5.59. The lowest BCUT2D eigenvalue weighted by Crippen LogP contribution is -2.38. The molecule has 1 aromatic rings. The molecule has 1 aromatic heterocycles. The third kappa shape index (κ3) is 2.54. The molecule has 0 fully saturated rings. The minimum atomic E-state index is -0.347. The van der Waals surface area contributed by atoms with E-state index < -0.39 is 0 Å². The Labute approximate surface area is 82.3 Å². The van der Waals surface area contributed by atoms with Gasteiger partial charge in [-0.15, -0.1) is 11.3 Å². The largest absolute Gasteiger partial charge is 0.335 e. The van der Waals surface area contributed by atoms with Crippen molar-refractivity contribution in [1.29, 1.82) is 0 Å². The van der Waals surface area contributed by atoms with Crippen LogP contribution >= 0.6 is 27.3 Å². The van der Waals surface area contributed by atoms with E-state index in [9.17, 15) is 4.79 Å². The van der Waals surface area contributed by atoms with Crippen molar-refractivity contribution < 1.29 is 4.79 Å². The number of hydrogen-bond donors (Lipinski definition) is 2. The Bertz CT molecular complexity index is 286. The molecule has 0 aliphatic carbocycles. The monoisotopic (exact) mass is 249 g/mol. The van der Waals surface area contributed by atoms with Crippen LogP contribution in [0, 0.1) is 0 Å². The molecule has 12 heavy (non-hydrogen) atoms. The molecule has 1 atom stereocenters. The van der Waals surface area contributed by atoms with E-state index in [1.165, 1.54) is 11.3 Å². The molecule has 0 saturated carbocycles. The summed E-state index contributed by atoms with van der Waals surface area (Å²) >= 11 is 4.43. The van der Waals surface area contributed by atoms with Crippen LogP contribution in [0.4, 0.5) is 0 Å². The highest BCUT2D eigenvalue weighted by molar-refractivity contribution is 9.10. The molecule has 0 spiro atoms. The van der Waals surface area contributed by atoms with Gasteiger partial charge in [-0.25, -0.2) is 4.98 Å². The summed E-state index contributed by atoms with van der Waals surface area (Å²) in [6, 6.07) is 0. The third-order valence-corrected chi connectivity index (χ3v) is 2.58. The van der Waals surface area contributed by atoms with Gasteiger partial charge in [-0.3, -0.25) is 4.79 Å². The fourth-order valence-corrected chi connectivity index (χ4v) is 1.78. The number of rotatable bonds is 2. The highest BCUT2D eigenvalue weighted by Gasteiger charge is 2.10. The average molecular weight is 250 g/mol. The van der Waals surface area contributed by atoms with Crippen LogP contribution in [0.5, 0.6) is 0 Å². The molecule has 1 rings (SSSR count). The number of nitrogens with zero attached hydrogens (tertiary/aromatic N) is 1. The van der Waals surface area contributed by atoms with Crippen LogP contribution in [0.25, 0.3) is 0 Å². The first kappa shape index (κ1) is 9.63. The van der Waals surface area contributed by atoms with Gasteiger partial charge < -0.3 is 11.1 Å². The van der Waals surface area contributed by atoms with E-state index >= 15 is 0 Å². The number of carbonyl (C=O) groups excluding carboxylic acids is 1. The molecule has 6 heteroatoms. The van der Waals surface area contributed by atoms with Crippen molar-refractivity contribution in [2.75, 3.05) is 0 Å². The molecule has 66 valence electrons. The van der Waals surface area contributed by atoms with E-state index in [0.717, 1.165) is 0 Å². The minimum Gasteiger partial charge on any atom is -0.335 e. The SMILES string of the molecule is CC(N)NC(=O)c1nc(Br)cs1. The summed E-state index contributed by atoms with van der Waals surface area (Å²) in [5, 5.41) is 4.70. The van der Waals surface area contributed by atoms with E-state index in [4.69, 9.17) is 5.73 Å². The summed E-state index contributed by atoms with van der Waals surface area (Å²) in [7, 11) is 0. The number of nitrogens with two attached hydrogens (primary N) is 1. The highest BCUT2D eigenvalue weighted by atomic mass is 79.9. The summed E-state index contributed by atoms with van der Waals surface area (Å²) in [6.45, 7) is 1.69. The Morgan fingerprint density at radius 1 is 1.92 bits per heavy atom. The molecule has 0 aromatic carbocycles. The summed E-state index contributed by atoms with van der Waals surface area (Å²) in [4.78, 5) is 15.1. The Kier molecular flexibility index (Phi) is 3.19. The Morgan fingerprint density at radius 2 is 2.58 bits per heavy atom. The summed E-state index contributed by atoms with van der Waals surface area (Å²) in [5.74, 6) is -0.235. The number of carbonyl (C=O) groups is 1. The zero-order chi connectivity index (χ0) is 9.14. The third-order valence-electron chi connectivity index (χ3n) is 1.03. The lowest BCUT2D eigenvalue weighted by atomic mass is 10.5. The second-order valence-electron chi connectivity index (χ2n) is 2.24. The zero-order valence-corrected chi connectivity index (χ0v) is 8.78. The fraction of sp³-hybridized carbons (Fsp3) is 0.333. The van der Waals surface area contributed by atoms with Crippen LogP contribution in [0.2, 0.25) is 0 Å². The van der Waals surface area contributed by atoms with Gasteiger partial charge in [0.15, 0.2) is 5.01 Å². The lowest BCUT2D eigenvalue weighted by molar-refractivity contribution is 0.0941. The van der Waals surface area contributed by atoms with E-state index in [1.54, 1.807) is 12.3 Å². The predicted molar refractivity (Wildman–Crippen MR) is 50.9 cm³/mol. The van der Waals surface area contributed by atoms with Crippen molar-refractivity contribution in [3.8, 4) is 0 Å². The molecule has 0 radical (unpaired) electrons. The van der Waals surface area contributed by atoms with Crippen LogP contribution in [-0.4, -0.2) is 17.1 Å². The van der Waals surface area contributed by atoms with Crippen LogP contribution in [0.15, 0.2) is 9.98 Å². The maximum absolute atomic E-state index is 11.2. The van der Waals surface area contributed by atoms with E-state index in [0.29, 0.717) is 9.61 Å². The van der Waals surface area contributed by atoms with Crippen LogP contribution < -0.4 is 11.1 Å². The van der Waals surface area contributed by atoms with Crippen LogP contribution in [-0.2, 0) is 0 Å². The summed E-state index contributed by atoms with van der Waals surface area (Å²) < 4.78 is 0.669. The molecule has 0 aliphatic heterocycles. The Hall–Kier alpha value is -0.460. The number of halogens is 1. The maximum atomic E-state index is 11.2. The molecule has 0 bridgehead atoms. The Morgan fingerprint density at radius 3 is 3.00 bits per heavy atom. The molecule has 3 N–H and O–H groups in total. The molecule has 1 unspecified atom stereocenters. The number of nitrogens with one attached hydrogen (secondary N) is 1. The van der Waals surface area contributed by atoms with Gasteiger partial charge in [-0.05, 0) is 22.9 Å². The molecule has 1 heterocycles. The average Bonchev–Trinajstić information content (AvgIpc) is 2.34. The predicted octanol–water partition coefficient (Wildman–Crippen LogP) is 0.940. The van der Waals surface area contributed by atoms with Gasteiger partial charge in [0.25, 0.3) is 5.91 Å². The zero-order valence-electron chi connectivity index (χ0n) is 6.37. The first-order valence-corrected chi connectivity index (χ1v) is 4.94. The standard InChI is InChI=1S/C6H8BrN3OS/c1-3(8)9-5(11)6-10-4(7)2-12-6/h2-3H,8H2,1H3,(H,9,11). The molecule has 0 saturated heterocycles. The topological polar surface area (TPSA) is 68.0 Å². The van der Waals surface area contributed by atoms with Crippen LogP contribution in [0.1, 0.15) is 16.7 Å². The van der Waals surface area contributed by atoms with Gasteiger partial charge >= 0.3 is 0 Å². The number of thiazole rings is 1. The molecular formula is C6H8BrN3OS. The quantitative estimate of drug-likeness (QED) is 0.767. The van der Waals surface area contributed by atoms with Gasteiger partial charge in [-0.1, -0.05) is 0 Å². The fourth-order valence-electron chi connectivity index (χ4n) is 0.627. The van der Waals surface area contributed by atoms with Crippen molar-refractivity contribution in [1.82, 2.24) is 10.3 Å². The molecule has 1 amide bonds. The van der Waals surface area contributed by atoms with Gasteiger partial charge in [0, 0.05) is 5.38 Å². The van der Waals surface area contributed by atoms with E-state index in [2.05, 4.69) is 26.2 Å². The number of amides is 1. The van der Waals surface area contributed by atoms with E-state index in [-0.39, 0.29) is 12.1 Å². The first-order valence-electron chi connectivity index (χ1n) is 3.27. The van der Waals surface area contributed by atoms with Gasteiger partial charge in [0.05, 0.1) is 6.17 Å². The second-order valence-corrected chi connectivity index (χ2v) is 3.91. The molecular weight excluding hydrogens is 242 g/mol. The minimum absolute atomic E-state index is 0.235. The van der Waals surface area contributed by atoms with Gasteiger partial charge in [-0.2, -0.15) is 0 Å². The van der Waals surface area contributed by atoms with E-state index in [1.807, 2.05) is 0 Å². The van der Waals surface area contributed by atoms with Crippen molar-refractivity contribution >= 4 is 33.2 Å². The van der Waals surface area contributed by atoms with Gasteiger partial charge in [0.1, 0.15) is 4.60 Å². The van der Waals surface area contributed by atoms with Crippen molar-refractivity contribution in [3.63, 3.8) is 0 Å². The van der Waals surface area contributed by atoms with Gasteiger partial charge in [0.2, 0.25) is 0 Å². The summed E-state index contributed by atoms with van der Waals surface area (Å²) in [5.41, 5.74) is 5.37. The van der Waals surface area contributed by atoms with Crippen molar-refractivity contribution in [2.24, 2.45) is 5.73 Å². The van der Waals surface area contributed by atoms with Crippen molar-refractivity contribution in [3.05, 3.63) is 15.0 Å². The summed E-state index contributed by atoms with van der Waals surface area (Å²) in [6.07, 6.45) is -0.347.